The zero-order valence-corrected chi connectivity index (χ0v) is 9.58. The van der Waals surface area contributed by atoms with Crippen molar-refractivity contribution >= 4 is 22.6 Å². The summed E-state index contributed by atoms with van der Waals surface area (Å²) in [4.78, 5) is 16.6. The summed E-state index contributed by atoms with van der Waals surface area (Å²) in [5.74, 6) is 0. The molecule has 0 bridgehead atoms. The second kappa shape index (κ2) is 3.79. The molecule has 2 aromatic carbocycles. The SMILES string of the molecule is O=c1[nH]c2ccc(-c3ccccc3Cl)cc2[nH]1. The number of H-pyrrole nitrogens is 2. The smallest absolute Gasteiger partial charge is 0.306 e. The highest BCUT2D eigenvalue weighted by atomic mass is 35.5. The number of imidazole rings is 1. The van der Waals surface area contributed by atoms with Crippen molar-refractivity contribution in [2.24, 2.45) is 0 Å². The van der Waals surface area contributed by atoms with Crippen molar-refractivity contribution in [2.45, 2.75) is 0 Å². The fourth-order valence-electron chi connectivity index (χ4n) is 1.90. The van der Waals surface area contributed by atoms with Crippen LogP contribution in [0.4, 0.5) is 0 Å². The van der Waals surface area contributed by atoms with E-state index in [-0.39, 0.29) is 5.69 Å². The Morgan fingerprint density at radius 3 is 2.53 bits per heavy atom. The van der Waals surface area contributed by atoms with Crippen molar-refractivity contribution in [2.75, 3.05) is 0 Å². The van der Waals surface area contributed by atoms with E-state index >= 15 is 0 Å². The molecule has 3 rings (SSSR count). The molecule has 0 atom stereocenters. The van der Waals surface area contributed by atoms with Gasteiger partial charge in [-0.1, -0.05) is 35.9 Å². The van der Waals surface area contributed by atoms with Gasteiger partial charge in [-0.05, 0) is 23.8 Å². The molecule has 0 saturated carbocycles. The molecule has 0 amide bonds. The van der Waals surface area contributed by atoms with E-state index in [0.717, 1.165) is 22.2 Å². The van der Waals surface area contributed by atoms with Gasteiger partial charge in [-0.15, -0.1) is 0 Å². The molecule has 1 aromatic heterocycles. The fraction of sp³-hybridized carbons (Fsp3) is 0. The van der Waals surface area contributed by atoms with Crippen LogP contribution in [0.1, 0.15) is 0 Å². The van der Waals surface area contributed by atoms with E-state index in [1.807, 2.05) is 42.5 Å². The van der Waals surface area contributed by atoms with Crippen LogP contribution in [-0.4, -0.2) is 9.97 Å². The van der Waals surface area contributed by atoms with Gasteiger partial charge in [0.25, 0.3) is 0 Å². The van der Waals surface area contributed by atoms with E-state index in [1.54, 1.807) is 0 Å². The van der Waals surface area contributed by atoms with Crippen molar-refractivity contribution in [3.63, 3.8) is 0 Å². The lowest BCUT2D eigenvalue weighted by molar-refractivity contribution is 1.22. The van der Waals surface area contributed by atoms with Gasteiger partial charge in [0, 0.05) is 10.6 Å². The van der Waals surface area contributed by atoms with E-state index in [2.05, 4.69) is 9.97 Å². The first-order chi connectivity index (χ1) is 8.24. The molecule has 17 heavy (non-hydrogen) atoms. The second-order valence-corrected chi connectivity index (χ2v) is 4.23. The zero-order valence-electron chi connectivity index (χ0n) is 8.83. The van der Waals surface area contributed by atoms with Crippen molar-refractivity contribution in [1.29, 1.82) is 0 Å². The third-order valence-electron chi connectivity index (χ3n) is 2.70. The van der Waals surface area contributed by atoms with Gasteiger partial charge < -0.3 is 9.97 Å². The molecule has 1 heterocycles. The highest BCUT2D eigenvalue weighted by molar-refractivity contribution is 6.33. The number of benzene rings is 2. The topological polar surface area (TPSA) is 48.6 Å². The summed E-state index contributed by atoms with van der Waals surface area (Å²) < 4.78 is 0. The molecule has 84 valence electrons. The largest absolute Gasteiger partial charge is 0.323 e. The summed E-state index contributed by atoms with van der Waals surface area (Å²) in [5.41, 5.74) is 3.32. The van der Waals surface area contributed by atoms with Crippen LogP contribution >= 0.6 is 11.6 Å². The third-order valence-corrected chi connectivity index (χ3v) is 3.03. The highest BCUT2D eigenvalue weighted by Crippen LogP contribution is 2.28. The lowest BCUT2D eigenvalue weighted by Gasteiger charge is -2.03. The Morgan fingerprint density at radius 2 is 1.71 bits per heavy atom. The number of rotatable bonds is 1. The molecule has 0 radical (unpaired) electrons. The second-order valence-electron chi connectivity index (χ2n) is 3.82. The highest BCUT2D eigenvalue weighted by Gasteiger charge is 2.04. The molecule has 0 spiro atoms. The molecule has 0 saturated heterocycles. The summed E-state index contributed by atoms with van der Waals surface area (Å²) in [6, 6.07) is 13.3. The summed E-state index contributed by atoms with van der Waals surface area (Å²) in [5, 5.41) is 0.699. The molecule has 3 nitrogen and oxygen atoms in total. The van der Waals surface area contributed by atoms with E-state index in [9.17, 15) is 4.79 Å². The van der Waals surface area contributed by atoms with E-state index < -0.39 is 0 Å². The van der Waals surface area contributed by atoms with Crippen LogP contribution in [0.5, 0.6) is 0 Å². The van der Waals surface area contributed by atoms with Crippen molar-refractivity contribution in [3.8, 4) is 11.1 Å². The number of fused-ring (bicyclic) bond motifs is 1. The molecule has 2 N–H and O–H groups in total. The molecule has 3 aromatic rings. The molecule has 0 unspecified atom stereocenters. The monoisotopic (exact) mass is 244 g/mol. The van der Waals surface area contributed by atoms with Crippen LogP contribution in [0.2, 0.25) is 5.02 Å². The molecule has 0 aliphatic carbocycles. The zero-order chi connectivity index (χ0) is 11.8. The Bertz CT molecular complexity index is 742. The Labute approximate surface area is 102 Å². The van der Waals surface area contributed by atoms with Crippen LogP contribution < -0.4 is 5.69 Å². The maximum absolute atomic E-state index is 11.2. The predicted molar refractivity (Wildman–Crippen MR) is 69.4 cm³/mol. The number of halogens is 1. The molecule has 0 aliphatic rings. The summed E-state index contributed by atoms with van der Waals surface area (Å²) >= 11 is 6.14. The first-order valence-electron chi connectivity index (χ1n) is 5.21. The Balaban J connectivity index is 2.24. The average Bonchev–Trinajstić information content (AvgIpc) is 2.68. The minimum atomic E-state index is -0.198. The van der Waals surface area contributed by atoms with Gasteiger partial charge in [0.05, 0.1) is 11.0 Å². The number of hydrogen-bond acceptors (Lipinski definition) is 1. The molecular weight excluding hydrogens is 236 g/mol. The van der Waals surface area contributed by atoms with Gasteiger partial charge in [-0.3, -0.25) is 0 Å². The normalized spacial score (nSPS) is 10.9. The summed E-state index contributed by atoms with van der Waals surface area (Å²) in [6.45, 7) is 0. The number of aromatic nitrogens is 2. The van der Waals surface area contributed by atoms with Crippen LogP contribution in [-0.2, 0) is 0 Å². The van der Waals surface area contributed by atoms with E-state index in [1.165, 1.54) is 0 Å². The van der Waals surface area contributed by atoms with Crippen molar-refractivity contribution in [1.82, 2.24) is 9.97 Å². The van der Waals surface area contributed by atoms with Gasteiger partial charge in [0.1, 0.15) is 0 Å². The lowest BCUT2D eigenvalue weighted by atomic mass is 10.1. The van der Waals surface area contributed by atoms with Crippen molar-refractivity contribution in [3.05, 3.63) is 58.0 Å². The van der Waals surface area contributed by atoms with E-state index in [0.29, 0.717) is 5.02 Å². The molecule has 4 heteroatoms. The Morgan fingerprint density at radius 1 is 0.941 bits per heavy atom. The minimum Gasteiger partial charge on any atom is -0.306 e. The third kappa shape index (κ3) is 1.74. The molecule has 0 fully saturated rings. The Hall–Kier alpha value is -2.00. The van der Waals surface area contributed by atoms with Crippen molar-refractivity contribution < 1.29 is 0 Å². The van der Waals surface area contributed by atoms with Crippen LogP contribution in [0.15, 0.2) is 47.3 Å². The molecule has 0 aliphatic heterocycles. The number of nitrogens with one attached hydrogen (secondary N) is 2. The summed E-state index contributed by atoms with van der Waals surface area (Å²) in [6.07, 6.45) is 0. The van der Waals surface area contributed by atoms with Crippen LogP contribution in [0.3, 0.4) is 0 Å². The van der Waals surface area contributed by atoms with Gasteiger partial charge >= 0.3 is 5.69 Å². The minimum absolute atomic E-state index is 0.198. The van der Waals surface area contributed by atoms with Crippen LogP contribution in [0.25, 0.3) is 22.2 Å². The van der Waals surface area contributed by atoms with Gasteiger partial charge in [0.2, 0.25) is 0 Å². The van der Waals surface area contributed by atoms with Gasteiger partial charge in [-0.25, -0.2) is 4.79 Å². The Kier molecular flexibility index (Phi) is 2.27. The lowest BCUT2D eigenvalue weighted by Crippen LogP contribution is -1.99. The predicted octanol–water partition coefficient (Wildman–Crippen LogP) is 3.18. The fourth-order valence-corrected chi connectivity index (χ4v) is 2.14. The molecular formula is C13H9ClN2O. The standard InChI is InChI=1S/C13H9ClN2O/c14-10-4-2-1-3-9(10)8-5-6-11-12(7-8)16-13(17)15-11/h1-7H,(H2,15,16,17). The van der Waals surface area contributed by atoms with Gasteiger partial charge in [-0.2, -0.15) is 0 Å². The van der Waals surface area contributed by atoms with Crippen LogP contribution in [0, 0.1) is 0 Å². The summed E-state index contributed by atoms with van der Waals surface area (Å²) in [7, 11) is 0. The first kappa shape index (κ1) is 10.2. The maximum Gasteiger partial charge on any atom is 0.323 e. The average molecular weight is 245 g/mol. The number of aromatic amines is 2. The number of hydrogen-bond donors (Lipinski definition) is 2. The van der Waals surface area contributed by atoms with E-state index in [4.69, 9.17) is 11.6 Å². The van der Waals surface area contributed by atoms with Gasteiger partial charge in [0.15, 0.2) is 0 Å². The first-order valence-corrected chi connectivity index (χ1v) is 5.59. The maximum atomic E-state index is 11.2. The quantitative estimate of drug-likeness (QED) is 0.679.